The Labute approximate surface area is 83.9 Å². The van der Waals surface area contributed by atoms with Crippen LogP contribution >= 0.6 is 0 Å². The topological polar surface area (TPSA) is 9.23 Å². The van der Waals surface area contributed by atoms with Crippen LogP contribution in [0.15, 0.2) is 0 Å². The summed E-state index contributed by atoms with van der Waals surface area (Å²) in [5, 5.41) is 0. The minimum absolute atomic E-state index is 0.00646. The third kappa shape index (κ3) is 2.98. The highest BCUT2D eigenvalue weighted by Gasteiger charge is 2.38. The first-order chi connectivity index (χ1) is 5.93. The Kier molecular flexibility index (Phi) is 4.98. The van der Waals surface area contributed by atoms with Gasteiger partial charge in [0.05, 0.1) is 5.60 Å². The average Bonchev–Trinajstić information content (AvgIpc) is 2.13. The predicted molar refractivity (Wildman–Crippen MR) is 59.0 cm³/mol. The summed E-state index contributed by atoms with van der Waals surface area (Å²) in [5.74, 6) is 0. The van der Waals surface area contributed by atoms with Crippen molar-refractivity contribution in [3.8, 4) is 0 Å². The minimum Gasteiger partial charge on any atom is -0.375 e. The number of rotatable bonds is 6. The predicted octanol–water partition coefficient (Wildman–Crippen LogP) is 4.02. The van der Waals surface area contributed by atoms with Crippen molar-refractivity contribution in [2.24, 2.45) is 5.41 Å². The van der Waals surface area contributed by atoms with E-state index < -0.39 is 0 Å². The van der Waals surface area contributed by atoms with Gasteiger partial charge in [0.15, 0.2) is 0 Å². The van der Waals surface area contributed by atoms with Crippen LogP contribution in [0.3, 0.4) is 0 Å². The average molecular weight is 186 g/mol. The molecule has 0 aliphatic carbocycles. The monoisotopic (exact) mass is 186 g/mol. The fraction of sp³-hybridized carbons (Fsp3) is 1.00. The van der Waals surface area contributed by atoms with E-state index in [-0.39, 0.29) is 5.60 Å². The standard InChI is InChI=1S/C12H26O/c1-7-10-13-11(4,5)12(6,8-2)9-3/h7-10H2,1-6H3. The molecule has 0 saturated carbocycles. The molecule has 0 N–H and O–H groups in total. The zero-order valence-corrected chi connectivity index (χ0v) is 10.2. The van der Waals surface area contributed by atoms with Crippen molar-refractivity contribution in [2.45, 2.75) is 66.4 Å². The van der Waals surface area contributed by atoms with E-state index in [1.807, 2.05) is 0 Å². The molecule has 0 aliphatic heterocycles. The smallest absolute Gasteiger partial charge is 0.0679 e. The molecule has 0 rings (SSSR count). The molecule has 0 aromatic carbocycles. The first kappa shape index (κ1) is 13.0. The Morgan fingerprint density at radius 2 is 1.38 bits per heavy atom. The molecule has 0 aromatic heterocycles. The summed E-state index contributed by atoms with van der Waals surface area (Å²) < 4.78 is 5.93. The van der Waals surface area contributed by atoms with E-state index in [1.54, 1.807) is 0 Å². The van der Waals surface area contributed by atoms with Crippen LogP contribution in [0.2, 0.25) is 0 Å². The summed E-state index contributed by atoms with van der Waals surface area (Å²) in [4.78, 5) is 0. The molecule has 0 aliphatic rings. The maximum Gasteiger partial charge on any atom is 0.0679 e. The van der Waals surface area contributed by atoms with E-state index >= 15 is 0 Å². The lowest BCUT2D eigenvalue weighted by molar-refractivity contribution is -0.108. The second-order valence-electron chi connectivity index (χ2n) is 4.63. The molecule has 0 heterocycles. The SMILES string of the molecule is CCCOC(C)(C)C(C)(CC)CC. The fourth-order valence-electron chi connectivity index (χ4n) is 1.63. The summed E-state index contributed by atoms with van der Waals surface area (Å²) in [6.45, 7) is 14.3. The lowest BCUT2D eigenvalue weighted by Crippen LogP contribution is -2.43. The normalized spacial score (nSPS) is 13.4. The van der Waals surface area contributed by atoms with Crippen LogP contribution in [-0.4, -0.2) is 12.2 Å². The quantitative estimate of drug-likeness (QED) is 0.609. The maximum absolute atomic E-state index is 5.93. The van der Waals surface area contributed by atoms with E-state index in [9.17, 15) is 0 Å². The van der Waals surface area contributed by atoms with Gasteiger partial charge >= 0.3 is 0 Å². The van der Waals surface area contributed by atoms with Gasteiger partial charge in [-0.05, 0) is 38.5 Å². The highest BCUT2D eigenvalue weighted by Crippen LogP contribution is 2.40. The van der Waals surface area contributed by atoms with E-state index in [2.05, 4.69) is 41.5 Å². The Bertz CT molecular complexity index is 134. The molecule has 0 unspecified atom stereocenters. The summed E-state index contributed by atoms with van der Waals surface area (Å²) in [6, 6.07) is 0. The zero-order chi connectivity index (χ0) is 10.5. The van der Waals surface area contributed by atoms with Gasteiger partial charge < -0.3 is 4.74 Å². The van der Waals surface area contributed by atoms with Gasteiger partial charge in [-0.1, -0.05) is 27.7 Å². The fourth-order valence-corrected chi connectivity index (χ4v) is 1.63. The van der Waals surface area contributed by atoms with Crippen LogP contribution in [0, 0.1) is 5.41 Å². The summed E-state index contributed by atoms with van der Waals surface area (Å²) >= 11 is 0. The lowest BCUT2D eigenvalue weighted by atomic mass is 9.71. The molecule has 0 saturated heterocycles. The molecule has 0 bridgehead atoms. The number of hydrogen-bond donors (Lipinski definition) is 0. The molecule has 0 fully saturated rings. The Balaban J connectivity index is 4.37. The largest absolute Gasteiger partial charge is 0.375 e. The lowest BCUT2D eigenvalue weighted by Gasteiger charge is -2.43. The Morgan fingerprint density at radius 3 is 1.69 bits per heavy atom. The molecule has 0 atom stereocenters. The third-order valence-corrected chi connectivity index (χ3v) is 3.68. The zero-order valence-electron chi connectivity index (χ0n) is 10.2. The first-order valence-electron chi connectivity index (χ1n) is 5.57. The molecular formula is C12H26O. The molecule has 1 heteroatoms. The van der Waals surface area contributed by atoms with Crippen molar-refractivity contribution in [1.29, 1.82) is 0 Å². The van der Waals surface area contributed by atoms with Crippen molar-refractivity contribution in [1.82, 2.24) is 0 Å². The van der Waals surface area contributed by atoms with Crippen LogP contribution in [0.1, 0.15) is 60.8 Å². The van der Waals surface area contributed by atoms with Gasteiger partial charge in [-0.25, -0.2) is 0 Å². The summed E-state index contributed by atoms with van der Waals surface area (Å²) in [5.41, 5.74) is 0.314. The second-order valence-corrected chi connectivity index (χ2v) is 4.63. The summed E-state index contributed by atoms with van der Waals surface area (Å²) in [7, 11) is 0. The number of ether oxygens (including phenoxy) is 1. The molecule has 0 amide bonds. The van der Waals surface area contributed by atoms with Crippen LogP contribution in [0.5, 0.6) is 0 Å². The van der Waals surface area contributed by atoms with Crippen LogP contribution in [0.25, 0.3) is 0 Å². The first-order valence-corrected chi connectivity index (χ1v) is 5.57. The van der Waals surface area contributed by atoms with Gasteiger partial charge in [0.25, 0.3) is 0 Å². The number of hydrogen-bond acceptors (Lipinski definition) is 1. The highest BCUT2D eigenvalue weighted by molar-refractivity contribution is 4.89. The third-order valence-electron chi connectivity index (χ3n) is 3.68. The molecule has 0 spiro atoms. The Morgan fingerprint density at radius 1 is 0.923 bits per heavy atom. The summed E-state index contributed by atoms with van der Waals surface area (Å²) in [6.07, 6.45) is 3.47. The second kappa shape index (κ2) is 4.99. The van der Waals surface area contributed by atoms with Crippen molar-refractivity contribution in [3.05, 3.63) is 0 Å². The van der Waals surface area contributed by atoms with Crippen LogP contribution in [-0.2, 0) is 4.74 Å². The minimum atomic E-state index is 0.00646. The highest BCUT2D eigenvalue weighted by atomic mass is 16.5. The molecule has 0 aromatic rings. The van der Waals surface area contributed by atoms with E-state index in [4.69, 9.17) is 4.74 Å². The maximum atomic E-state index is 5.93. The Hall–Kier alpha value is -0.0400. The van der Waals surface area contributed by atoms with Crippen molar-refractivity contribution in [3.63, 3.8) is 0 Å². The van der Waals surface area contributed by atoms with Crippen molar-refractivity contribution in [2.75, 3.05) is 6.61 Å². The van der Waals surface area contributed by atoms with E-state index in [0.29, 0.717) is 5.41 Å². The van der Waals surface area contributed by atoms with Crippen LogP contribution in [0.4, 0.5) is 0 Å². The van der Waals surface area contributed by atoms with Gasteiger partial charge in [-0.3, -0.25) is 0 Å². The van der Waals surface area contributed by atoms with Gasteiger partial charge in [0.2, 0.25) is 0 Å². The molecule has 80 valence electrons. The van der Waals surface area contributed by atoms with Crippen molar-refractivity contribution < 1.29 is 4.74 Å². The van der Waals surface area contributed by atoms with E-state index in [0.717, 1.165) is 13.0 Å². The van der Waals surface area contributed by atoms with E-state index in [1.165, 1.54) is 12.8 Å². The molecule has 13 heavy (non-hydrogen) atoms. The van der Waals surface area contributed by atoms with Gasteiger partial charge in [0.1, 0.15) is 0 Å². The van der Waals surface area contributed by atoms with Gasteiger partial charge in [-0.2, -0.15) is 0 Å². The van der Waals surface area contributed by atoms with Gasteiger partial charge in [-0.15, -0.1) is 0 Å². The molecule has 0 radical (unpaired) electrons. The van der Waals surface area contributed by atoms with Crippen molar-refractivity contribution >= 4 is 0 Å². The molecular weight excluding hydrogens is 160 g/mol. The van der Waals surface area contributed by atoms with Gasteiger partial charge in [0, 0.05) is 6.61 Å². The van der Waals surface area contributed by atoms with Crippen LogP contribution < -0.4 is 0 Å². The molecule has 1 nitrogen and oxygen atoms in total.